The summed E-state index contributed by atoms with van der Waals surface area (Å²) in [6, 6.07) is 1.81. The first-order valence-electron chi connectivity index (χ1n) is 2.30. The Balaban J connectivity index is 4.24. The van der Waals surface area contributed by atoms with Crippen molar-refractivity contribution < 1.29 is 0 Å². The molecule has 1 nitrogen and oxygen atoms in total. The second-order valence-electron chi connectivity index (χ2n) is 1.34. The molecule has 0 aliphatic carbocycles. The van der Waals surface area contributed by atoms with E-state index in [4.69, 9.17) is 16.9 Å². The summed E-state index contributed by atoms with van der Waals surface area (Å²) in [6.07, 6.45) is 3.03. The van der Waals surface area contributed by atoms with Crippen molar-refractivity contribution in [3.05, 3.63) is 35.9 Å². The average molecular weight is 140 g/mol. The Morgan fingerprint density at radius 3 is 2.56 bits per heavy atom. The Labute approximate surface area is 59.6 Å². The molecule has 0 aliphatic heterocycles. The van der Waals surface area contributed by atoms with E-state index in [2.05, 4.69) is 13.2 Å². The van der Waals surface area contributed by atoms with E-state index in [1.807, 2.05) is 6.07 Å². The highest BCUT2D eigenvalue weighted by atomic mass is 35.5. The van der Waals surface area contributed by atoms with Gasteiger partial charge < -0.3 is 0 Å². The van der Waals surface area contributed by atoms with Crippen LogP contribution in [0.1, 0.15) is 0 Å². The van der Waals surface area contributed by atoms with E-state index in [0.29, 0.717) is 5.03 Å². The molecule has 0 N–H and O–H groups in total. The fourth-order valence-corrected chi connectivity index (χ4v) is 0.389. The van der Waals surface area contributed by atoms with Crippen LogP contribution in [-0.4, -0.2) is 0 Å². The Bertz CT molecular complexity index is 195. The lowest BCUT2D eigenvalue weighted by atomic mass is 10.3. The SMILES string of the molecule is C=C/C=C(/Cl)C(=C)C#N. The van der Waals surface area contributed by atoms with Crippen molar-refractivity contribution >= 4 is 11.6 Å². The van der Waals surface area contributed by atoms with Gasteiger partial charge in [-0.1, -0.05) is 30.8 Å². The molecular formula is C7H6ClN. The summed E-state index contributed by atoms with van der Waals surface area (Å²) in [5, 5.41) is 8.56. The molecule has 46 valence electrons. The van der Waals surface area contributed by atoms with Crippen molar-refractivity contribution in [1.82, 2.24) is 0 Å². The van der Waals surface area contributed by atoms with Gasteiger partial charge in [0.2, 0.25) is 0 Å². The fourth-order valence-electron chi connectivity index (χ4n) is 0.257. The van der Waals surface area contributed by atoms with Crippen LogP contribution in [0.15, 0.2) is 35.9 Å². The summed E-state index contributed by atoms with van der Waals surface area (Å²) < 4.78 is 0. The number of rotatable bonds is 2. The van der Waals surface area contributed by atoms with Gasteiger partial charge in [0, 0.05) is 0 Å². The molecule has 0 unspecified atom stereocenters. The van der Waals surface area contributed by atoms with Gasteiger partial charge in [0.25, 0.3) is 0 Å². The van der Waals surface area contributed by atoms with Gasteiger partial charge >= 0.3 is 0 Å². The van der Waals surface area contributed by atoms with Gasteiger partial charge in [-0.25, -0.2) is 0 Å². The van der Waals surface area contributed by atoms with Crippen molar-refractivity contribution in [1.29, 1.82) is 5.26 Å². The topological polar surface area (TPSA) is 23.8 Å². The van der Waals surface area contributed by atoms with Gasteiger partial charge in [-0.3, -0.25) is 0 Å². The van der Waals surface area contributed by atoms with Crippen molar-refractivity contribution in [3.8, 4) is 6.07 Å². The van der Waals surface area contributed by atoms with Crippen LogP contribution in [0.3, 0.4) is 0 Å². The Hall–Kier alpha value is -1.00. The smallest absolute Gasteiger partial charge is 0.100 e. The van der Waals surface area contributed by atoms with Crippen LogP contribution in [0.5, 0.6) is 0 Å². The minimum absolute atomic E-state index is 0.261. The lowest BCUT2D eigenvalue weighted by Gasteiger charge is -1.86. The van der Waals surface area contributed by atoms with Gasteiger partial charge in [0.15, 0.2) is 0 Å². The first-order valence-corrected chi connectivity index (χ1v) is 2.67. The number of nitrogens with zero attached hydrogens (tertiary/aromatic N) is 1. The van der Waals surface area contributed by atoms with Crippen LogP contribution < -0.4 is 0 Å². The molecule has 9 heavy (non-hydrogen) atoms. The molecule has 0 aromatic rings. The van der Waals surface area contributed by atoms with Crippen molar-refractivity contribution in [2.45, 2.75) is 0 Å². The molecule has 0 aromatic carbocycles. The number of nitriles is 1. The lowest BCUT2D eigenvalue weighted by Crippen LogP contribution is -1.71. The van der Waals surface area contributed by atoms with Crippen molar-refractivity contribution in [2.24, 2.45) is 0 Å². The number of allylic oxidation sites excluding steroid dienone is 4. The summed E-state index contributed by atoms with van der Waals surface area (Å²) in [6.45, 7) is 6.79. The van der Waals surface area contributed by atoms with Crippen molar-refractivity contribution in [2.75, 3.05) is 0 Å². The highest BCUT2D eigenvalue weighted by molar-refractivity contribution is 6.32. The predicted molar refractivity (Wildman–Crippen MR) is 38.9 cm³/mol. The van der Waals surface area contributed by atoms with E-state index in [9.17, 15) is 0 Å². The maximum absolute atomic E-state index is 8.22. The second-order valence-corrected chi connectivity index (χ2v) is 1.75. The zero-order valence-electron chi connectivity index (χ0n) is 4.89. The Morgan fingerprint density at radius 2 is 2.22 bits per heavy atom. The molecule has 0 heterocycles. The van der Waals surface area contributed by atoms with E-state index in [0.717, 1.165) is 0 Å². The van der Waals surface area contributed by atoms with E-state index >= 15 is 0 Å². The zero-order chi connectivity index (χ0) is 7.28. The molecule has 0 saturated heterocycles. The molecule has 0 atom stereocenters. The summed E-state index contributed by atoms with van der Waals surface area (Å²) in [4.78, 5) is 0. The fraction of sp³-hybridized carbons (Fsp3) is 0. The maximum atomic E-state index is 8.22. The monoisotopic (exact) mass is 139 g/mol. The molecule has 0 aromatic heterocycles. The molecule has 0 bridgehead atoms. The van der Waals surface area contributed by atoms with Gasteiger partial charge in [-0.2, -0.15) is 5.26 Å². The van der Waals surface area contributed by atoms with Gasteiger partial charge in [-0.05, 0) is 6.08 Å². The molecule has 0 rings (SSSR count). The maximum Gasteiger partial charge on any atom is 0.100 e. The number of halogens is 1. The first-order chi connectivity index (χ1) is 4.22. The van der Waals surface area contributed by atoms with Crippen molar-refractivity contribution in [3.63, 3.8) is 0 Å². The molecule has 0 saturated carbocycles. The predicted octanol–water partition coefficient (Wildman–Crippen LogP) is 2.37. The molecule has 0 spiro atoms. The van der Waals surface area contributed by atoms with Crippen LogP contribution >= 0.6 is 11.6 Å². The Morgan fingerprint density at radius 1 is 1.67 bits per heavy atom. The van der Waals surface area contributed by atoms with Crippen LogP contribution in [0.25, 0.3) is 0 Å². The van der Waals surface area contributed by atoms with Crippen LogP contribution in [-0.2, 0) is 0 Å². The third-order valence-electron chi connectivity index (χ3n) is 0.687. The minimum atomic E-state index is 0.261. The molecular weight excluding hydrogens is 134 g/mol. The Kier molecular flexibility index (Phi) is 3.50. The summed E-state index contributed by atoms with van der Waals surface area (Å²) in [5.74, 6) is 0. The van der Waals surface area contributed by atoms with Gasteiger partial charge in [0.05, 0.1) is 10.6 Å². The largest absolute Gasteiger partial charge is 0.192 e. The summed E-state index contributed by atoms with van der Waals surface area (Å²) >= 11 is 5.50. The molecule has 0 fully saturated rings. The molecule has 0 amide bonds. The van der Waals surface area contributed by atoms with Gasteiger partial charge in [-0.15, -0.1) is 0 Å². The average Bonchev–Trinajstić information content (AvgIpc) is 1.87. The number of hydrogen-bond donors (Lipinski definition) is 0. The molecule has 0 aliphatic rings. The van der Waals surface area contributed by atoms with Crippen LogP contribution in [0.4, 0.5) is 0 Å². The lowest BCUT2D eigenvalue weighted by molar-refractivity contribution is 1.50. The normalized spacial score (nSPS) is 10.0. The minimum Gasteiger partial charge on any atom is -0.192 e. The first kappa shape index (κ1) is 8.00. The summed E-state index contributed by atoms with van der Waals surface area (Å²) in [7, 11) is 0. The zero-order valence-corrected chi connectivity index (χ0v) is 5.65. The van der Waals surface area contributed by atoms with E-state index in [1.165, 1.54) is 12.2 Å². The van der Waals surface area contributed by atoms with E-state index < -0.39 is 0 Å². The third-order valence-corrected chi connectivity index (χ3v) is 1.04. The second kappa shape index (κ2) is 3.94. The standard InChI is InChI=1S/C7H6ClN/c1-3-4-7(8)6(2)5-9/h3-4H,1-2H2/b7-4+. The molecule has 0 radical (unpaired) electrons. The highest BCUT2D eigenvalue weighted by Gasteiger charge is 1.92. The van der Waals surface area contributed by atoms with Crippen LogP contribution in [0.2, 0.25) is 0 Å². The van der Waals surface area contributed by atoms with Gasteiger partial charge in [0.1, 0.15) is 6.07 Å². The van der Waals surface area contributed by atoms with E-state index in [-0.39, 0.29) is 5.57 Å². The molecule has 2 heteroatoms. The quantitative estimate of drug-likeness (QED) is 0.426. The van der Waals surface area contributed by atoms with E-state index in [1.54, 1.807) is 0 Å². The number of hydrogen-bond acceptors (Lipinski definition) is 1. The highest BCUT2D eigenvalue weighted by Crippen LogP contribution is 2.10. The summed E-state index contributed by atoms with van der Waals surface area (Å²) in [5.41, 5.74) is 0.261. The van der Waals surface area contributed by atoms with Crippen LogP contribution in [0, 0.1) is 11.3 Å². The third kappa shape index (κ3) is 2.73.